The first kappa shape index (κ1) is 9.27. The molecule has 0 aliphatic carbocycles. The van der Waals surface area contributed by atoms with E-state index < -0.39 is 0 Å². The summed E-state index contributed by atoms with van der Waals surface area (Å²) in [6.07, 6.45) is 0. The van der Waals surface area contributed by atoms with Gasteiger partial charge in [-0.25, -0.2) is 0 Å². The van der Waals surface area contributed by atoms with Gasteiger partial charge in [-0.15, -0.1) is 12.4 Å². The van der Waals surface area contributed by atoms with E-state index in [2.05, 4.69) is 0 Å². The molecular formula is C7H10ClNO. The first-order valence-electron chi connectivity index (χ1n) is 2.78. The highest BCUT2D eigenvalue weighted by Crippen LogP contribution is 2.07. The van der Waals surface area contributed by atoms with Gasteiger partial charge in [-0.3, -0.25) is 10.3 Å². The average molecular weight is 160 g/mol. The molecule has 3 heteroatoms. The highest BCUT2D eigenvalue weighted by Gasteiger charge is 1.89. The Morgan fingerprint density at radius 3 is 2.00 bits per heavy atom. The summed E-state index contributed by atoms with van der Waals surface area (Å²) < 4.78 is 0. The maximum atomic E-state index is 8.86. The fourth-order valence-electron chi connectivity index (χ4n) is 0.644. The Bertz CT molecular complexity index is 176. The molecule has 0 saturated heterocycles. The van der Waals surface area contributed by atoms with Crippen LogP contribution in [-0.2, 0) is 0 Å². The van der Waals surface area contributed by atoms with E-state index in [-0.39, 0.29) is 12.4 Å². The minimum Gasteiger partial charge on any atom is -0.289 e. The molecule has 2 nitrogen and oxygen atoms in total. The second-order valence-corrected chi connectivity index (χ2v) is 1.86. The normalized spacial score (nSPS) is 8.20. The van der Waals surface area contributed by atoms with Crippen LogP contribution in [0.5, 0.6) is 0 Å². The maximum Gasteiger partial charge on any atom is 0.0630 e. The lowest BCUT2D eigenvalue weighted by molar-refractivity contribution is 0.279. The minimum absolute atomic E-state index is 0. The van der Waals surface area contributed by atoms with Crippen LogP contribution in [0.15, 0.2) is 30.3 Å². The molecule has 1 N–H and O–H groups in total. The maximum absolute atomic E-state index is 8.86. The summed E-state index contributed by atoms with van der Waals surface area (Å²) in [5, 5.41) is 9.94. The molecule has 0 saturated carbocycles. The smallest absolute Gasteiger partial charge is 0.0630 e. The van der Waals surface area contributed by atoms with Crippen LogP contribution < -0.4 is 5.06 Å². The van der Waals surface area contributed by atoms with Gasteiger partial charge in [-0.2, -0.15) is 0 Å². The molecule has 0 radical (unpaired) electrons. The summed E-state index contributed by atoms with van der Waals surface area (Å²) in [6, 6.07) is 9.33. The standard InChI is InChI=1S/C7H9NO.ClH/c1-8(9)7-5-3-2-4-6-7;/h2-6,9H,1H3;1H. The summed E-state index contributed by atoms with van der Waals surface area (Å²) in [7, 11) is 1.59. The molecule has 0 aromatic heterocycles. The zero-order valence-corrected chi connectivity index (χ0v) is 6.51. The van der Waals surface area contributed by atoms with E-state index in [9.17, 15) is 0 Å². The Morgan fingerprint density at radius 2 is 1.70 bits per heavy atom. The SMILES string of the molecule is CN(O)c1ccccc1.Cl. The Kier molecular flexibility index (Phi) is 3.84. The molecule has 0 bridgehead atoms. The van der Waals surface area contributed by atoms with Gasteiger partial charge in [0, 0.05) is 7.05 Å². The van der Waals surface area contributed by atoms with Crippen LogP contribution in [-0.4, -0.2) is 12.3 Å². The first-order valence-corrected chi connectivity index (χ1v) is 2.78. The van der Waals surface area contributed by atoms with Gasteiger partial charge in [0.25, 0.3) is 0 Å². The number of hydroxylamine groups is 1. The largest absolute Gasteiger partial charge is 0.289 e. The van der Waals surface area contributed by atoms with Crippen molar-refractivity contribution < 1.29 is 5.21 Å². The molecule has 0 aliphatic rings. The van der Waals surface area contributed by atoms with Crippen LogP contribution in [0.2, 0.25) is 0 Å². The molecule has 0 unspecified atom stereocenters. The van der Waals surface area contributed by atoms with E-state index in [0.717, 1.165) is 10.8 Å². The van der Waals surface area contributed by atoms with Crippen molar-refractivity contribution >= 4 is 18.1 Å². The molecule has 1 aromatic carbocycles. The van der Waals surface area contributed by atoms with Gasteiger partial charge in [0.2, 0.25) is 0 Å². The number of halogens is 1. The zero-order chi connectivity index (χ0) is 6.69. The lowest BCUT2D eigenvalue weighted by Crippen LogP contribution is -2.08. The van der Waals surface area contributed by atoms with Crippen molar-refractivity contribution in [3.05, 3.63) is 30.3 Å². The molecule has 1 rings (SSSR count). The fourth-order valence-corrected chi connectivity index (χ4v) is 0.644. The van der Waals surface area contributed by atoms with Crippen molar-refractivity contribution in [2.75, 3.05) is 12.1 Å². The summed E-state index contributed by atoms with van der Waals surface area (Å²) in [5.41, 5.74) is 0.803. The Balaban J connectivity index is 0.000000810. The summed E-state index contributed by atoms with van der Waals surface area (Å²) in [5.74, 6) is 0. The summed E-state index contributed by atoms with van der Waals surface area (Å²) >= 11 is 0. The van der Waals surface area contributed by atoms with Gasteiger partial charge >= 0.3 is 0 Å². The van der Waals surface area contributed by atoms with Gasteiger partial charge in [-0.1, -0.05) is 18.2 Å². The second kappa shape index (κ2) is 4.14. The molecule has 0 fully saturated rings. The van der Waals surface area contributed by atoms with Crippen LogP contribution in [0.1, 0.15) is 0 Å². The predicted octanol–water partition coefficient (Wildman–Crippen LogP) is 1.93. The lowest BCUT2D eigenvalue weighted by Gasteiger charge is -2.08. The van der Waals surface area contributed by atoms with Gasteiger partial charge in [0.15, 0.2) is 0 Å². The molecule has 0 atom stereocenters. The van der Waals surface area contributed by atoms with Crippen molar-refractivity contribution in [3.8, 4) is 0 Å². The molecule has 0 spiro atoms. The Morgan fingerprint density at radius 1 is 1.20 bits per heavy atom. The van der Waals surface area contributed by atoms with Gasteiger partial charge in [0.05, 0.1) is 5.69 Å². The van der Waals surface area contributed by atoms with Crippen LogP contribution >= 0.6 is 12.4 Å². The minimum atomic E-state index is 0. The number of nitrogens with zero attached hydrogens (tertiary/aromatic N) is 1. The van der Waals surface area contributed by atoms with Crippen LogP contribution in [0.25, 0.3) is 0 Å². The van der Waals surface area contributed by atoms with Crippen molar-refractivity contribution in [1.29, 1.82) is 0 Å². The highest BCUT2D eigenvalue weighted by molar-refractivity contribution is 5.85. The van der Waals surface area contributed by atoms with Gasteiger partial charge < -0.3 is 0 Å². The van der Waals surface area contributed by atoms with E-state index in [0.29, 0.717) is 0 Å². The zero-order valence-electron chi connectivity index (χ0n) is 5.69. The fraction of sp³-hybridized carbons (Fsp3) is 0.143. The molecule has 1 aromatic rings. The van der Waals surface area contributed by atoms with Crippen molar-refractivity contribution in [2.45, 2.75) is 0 Å². The number of para-hydroxylation sites is 1. The molecule has 56 valence electrons. The van der Waals surface area contributed by atoms with E-state index in [4.69, 9.17) is 5.21 Å². The van der Waals surface area contributed by atoms with E-state index in [1.807, 2.05) is 30.3 Å². The van der Waals surface area contributed by atoms with E-state index in [1.54, 1.807) is 7.05 Å². The molecule has 0 heterocycles. The predicted molar refractivity (Wildman–Crippen MR) is 43.9 cm³/mol. The number of hydrogen-bond acceptors (Lipinski definition) is 2. The molecule has 10 heavy (non-hydrogen) atoms. The number of rotatable bonds is 1. The quantitative estimate of drug-likeness (QED) is 0.633. The molecule has 0 aliphatic heterocycles. The lowest BCUT2D eigenvalue weighted by atomic mass is 10.3. The topological polar surface area (TPSA) is 23.5 Å². The number of hydrogen-bond donors (Lipinski definition) is 1. The van der Waals surface area contributed by atoms with E-state index in [1.165, 1.54) is 0 Å². The third kappa shape index (κ3) is 2.25. The Hall–Kier alpha value is -0.730. The monoisotopic (exact) mass is 159 g/mol. The Labute approximate surface area is 66.5 Å². The van der Waals surface area contributed by atoms with Gasteiger partial charge in [0.1, 0.15) is 0 Å². The summed E-state index contributed by atoms with van der Waals surface area (Å²) in [4.78, 5) is 0. The molecule has 0 amide bonds. The van der Waals surface area contributed by atoms with Crippen molar-refractivity contribution in [1.82, 2.24) is 0 Å². The van der Waals surface area contributed by atoms with Crippen LogP contribution in [0.4, 0.5) is 5.69 Å². The van der Waals surface area contributed by atoms with Gasteiger partial charge in [-0.05, 0) is 12.1 Å². The van der Waals surface area contributed by atoms with Crippen molar-refractivity contribution in [2.24, 2.45) is 0 Å². The highest BCUT2D eigenvalue weighted by atomic mass is 35.5. The van der Waals surface area contributed by atoms with Crippen LogP contribution in [0.3, 0.4) is 0 Å². The third-order valence-electron chi connectivity index (χ3n) is 1.13. The van der Waals surface area contributed by atoms with Crippen LogP contribution in [0, 0.1) is 0 Å². The van der Waals surface area contributed by atoms with Crippen molar-refractivity contribution in [3.63, 3.8) is 0 Å². The number of anilines is 1. The third-order valence-corrected chi connectivity index (χ3v) is 1.13. The van der Waals surface area contributed by atoms with E-state index >= 15 is 0 Å². The first-order chi connectivity index (χ1) is 4.30. The average Bonchev–Trinajstić information content (AvgIpc) is 1.90. The number of benzene rings is 1. The second-order valence-electron chi connectivity index (χ2n) is 1.86. The molecular weight excluding hydrogens is 150 g/mol. The summed E-state index contributed by atoms with van der Waals surface area (Å²) in [6.45, 7) is 0.